The van der Waals surface area contributed by atoms with Crippen LogP contribution in [0.15, 0.2) is 16.9 Å². The summed E-state index contributed by atoms with van der Waals surface area (Å²) in [6.45, 7) is 0.825. The molecule has 7 heteroatoms. The molecule has 0 aromatic carbocycles. The molecule has 0 spiro atoms. The molecule has 0 amide bonds. The predicted octanol–water partition coefficient (Wildman–Crippen LogP) is 0.249. The van der Waals surface area contributed by atoms with Crippen LogP contribution in [0, 0.1) is 0 Å². The minimum Gasteiger partial charge on any atom is -0.357 e. The van der Waals surface area contributed by atoms with Crippen molar-refractivity contribution in [2.75, 3.05) is 23.8 Å². The van der Waals surface area contributed by atoms with Crippen LogP contribution in [-0.4, -0.2) is 38.7 Å². The van der Waals surface area contributed by atoms with Crippen LogP contribution in [0.3, 0.4) is 0 Å². The summed E-state index contributed by atoms with van der Waals surface area (Å²) in [6.07, 6.45) is 0. The van der Waals surface area contributed by atoms with Crippen molar-refractivity contribution in [1.82, 2.24) is 19.8 Å². The Balaban J connectivity index is 2.45. The number of hydrogen-bond donors (Lipinski definition) is 1. The number of rotatable bonds is 3. The summed E-state index contributed by atoms with van der Waals surface area (Å²) in [4.78, 5) is 13.2. The van der Waals surface area contributed by atoms with Crippen molar-refractivity contribution in [2.45, 2.75) is 0 Å². The van der Waals surface area contributed by atoms with E-state index in [0.717, 1.165) is 17.7 Å². The van der Waals surface area contributed by atoms with Crippen LogP contribution in [0.5, 0.6) is 0 Å². The average Bonchev–Trinajstić information content (AvgIpc) is 2.60. The fourth-order valence-electron chi connectivity index (χ4n) is 1.24. The van der Waals surface area contributed by atoms with E-state index in [1.807, 2.05) is 18.0 Å². The molecule has 15 heavy (non-hydrogen) atoms. The third kappa shape index (κ3) is 1.87. The van der Waals surface area contributed by atoms with Gasteiger partial charge in [0.05, 0.1) is 0 Å². The summed E-state index contributed by atoms with van der Waals surface area (Å²) in [5, 5.41) is 11.2. The zero-order valence-electron chi connectivity index (χ0n) is 8.14. The van der Waals surface area contributed by atoms with Crippen LogP contribution < -0.4 is 10.6 Å². The Kier molecular flexibility index (Phi) is 2.72. The number of nitrogens with one attached hydrogen (secondary N) is 1. The van der Waals surface area contributed by atoms with Crippen molar-refractivity contribution >= 4 is 27.4 Å². The second-order valence-electron chi connectivity index (χ2n) is 3.10. The van der Waals surface area contributed by atoms with Gasteiger partial charge in [-0.1, -0.05) is 15.9 Å². The number of anilines is 1. The van der Waals surface area contributed by atoms with Crippen molar-refractivity contribution in [3.05, 3.63) is 22.6 Å². The van der Waals surface area contributed by atoms with Crippen LogP contribution >= 0.6 is 15.9 Å². The quantitative estimate of drug-likeness (QED) is 0.813. The van der Waals surface area contributed by atoms with Gasteiger partial charge in [0, 0.05) is 18.9 Å². The number of hydrogen-bond acceptors (Lipinski definition) is 4. The fraction of sp³-hybridized carbons (Fsp3) is 0.375. The number of aromatic amines is 1. The highest BCUT2D eigenvalue weighted by molar-refractivity contribution is 9.09. The molecule has 0 saturated carbocycles. The number of H-pyrrole nitrogens is 1. The van der Waals surface area contributed by atoms with E-state index >= 15 is 0 Å². The molecular weight excluding hydrogens is 262 g/mol. The monoisotopic (exact) mass is 271 g/mol. The summed E-state index contributed by atoms with van der Waals surface area (Å²) in [7, 11) is 1.92. The first-order valence-corrected chi connectivity index (χ1v) is 5.56. The smallest absolute Gasteiger partial charge is 0.357 e. The molecule has 0 aliphatic carbocycles. The maximum atomic E-state index is 11.3. The molecule has 2 heterocycles. The predicted molar refractivity (Wildman–Crippen MR) is 60.7 cm³/mol. The topological polar surface area (TPSA) is 66.3 Å². The van der Waals surface area contributed by atoms with Gasteiger partial charge >= 0.3 is 5.69 Å². The minimum atomic E-state index is -0.320. The summed E-state index contributed by atoms with van der Waals surface area (Å²) in [5.74, 6) is 0.741. The molecule has 0 aliphatic heterocycles. The number of fused-ring (bicyclic) bond motifs is 1. The highest BCUT2D eigenvalue weighted by Gasteiger charge is 2.05. The van der Waals surface area contributed by atoms with Gasteiger partial charge in [0.15, 0.2) is 5.65 Å². The second-order valence-corrected chi connectivity index (χ2v) is 3.89. The minimum absolute atomic E-state index is 0.320. The standard InChI is InChI=1S/C8H10BrN5O/c1-13(5-4-9)7-3-2-6-10-11-8(15)14(6)12-7/h2-3H,4-5H2,1H3,(H,11,15). The van der Waals surface area contributed by atoms with Crippen molar-refractivity contribution < 1.29 is 0 Å². The van der Waals surface area contributed by atoms with E-state index in [-0.39, 0.29) is 5.69 Å². The molecule has 80 valence electrons. The van der Waals surface area contributed by atoms with Crippen LogP contribution in [0.4, 0.5) is 5.82 Å². The van der Waals surface area contributed by atoms with E-state index in [9.17, 15) is 4.79 Å². The Morgan fingerprint density at radius 3 is 3.13 bits per heavy atom. The average molecular weight is 272 g/mol. The highest BCUT2D eigenvalue weighted by atomic mass is 79.9. The summed E-state index contributed by atoms with van der Waals surface area (Å²) in [5.41, 5.74) is 0.204. The second kappa shape index (κ2) is 4.01. The van der Waals surface area contributed by atoms with Crippen molar-refractivity contribution in [3.8, 4) is 0 Å². The first-order valence-electron chi connectivity index (χ1n) is 4.44. The first-order chi connectivity index (χ1) is 7.22. The van der Waals surface area contributed by atoms with E-state index in [2.05, 4.69) is 31.2 Å². The first kappa shape index (κ1) is 10.2. The Bertz CT molecular complexity index is 519. The lowest BCUT2D eigenvalue weighted by atomic mass is 10.4. The van der Waals surface area contributed by atoms with E-state index in [1.165, 1.54) is 4.52 Å². The SMILES string of the molecule is CN(CCBr)c1ccc2n[nH]c(=O)n2n1. The van der Waals surface area contributed by atoms with Gasteiger partial charge in [0.1, 0.15) is 5.82 Å². The highest BCUT2D eigenvalue weighted by Crippen LogP contribution is 2.07. The molecule has 2 aromatic heterocycles. The summed E-state index contributed by atoms with van der Waals surface area (Å²) < 4.78 is 1.25. The zero-order chi connectivity index (χ0) is 10.8. The summed E-state index contributed by atoms with van der Waals surface area (Å²) >= 11 is 3.35. The lowest BCUT2D eigenvalue weighted by Crippen LogP contribution is -2.23. The van der Waals surface area contributed by atoms with E-state index in [0.29, 0.717) is 5.65 Å². The van der Waals surface area contributed by atoms with Gasteiger partial charge in [-0.15, -0.1) is 5.10 Å². The summed E-state index contributed by atoms with van der Waals surface area (Å²) in [6, 6.07) is 3.59. The molecule has 0 unspecified atom stereocenters. The third-order valence-corrected chi connectivity index (χ3v) is 2.43. The van der Waals surface area contributed by atoms with E-state index in [1.54, 1.807) is 6.07 Å². The number of nitrogens with zero attached hydrogens (tertiary/aromatic N) is 4. The molecule has 0 atom stereocenters. The van der Waals surface area contributed by atoms with Crippen LogP contribution in [-0.2, 0) is 0 Å². The van der Waals surface area contributed by atoms with E-state index in [4.69, 9.17) is 0 Å². The maximum Gasteiger partial charge on any atom is 0.364 e. The zero-order valence-corrected chi connectivity index (χ0v) is 9.73. The fourth-order valence-corrected chi connectivity index (χ4v) is 1.77. The molecule has 2 rings (SSSR count). The number of halogens is 1. The molecular formula is C8H10BrN5O. The lowest BCUT2D eigenvalue weighted by Gasteiger charge is -2.15. The molecule has 2 aromatic rings. The molecule has 1 N–H and O–H groups in total. The largest absolute Gasteiger partial charge is 0.364 e. The Labute approximate surface area is 94.0 Å². The van der Waals surface area contributed by atoms with Crippen molar-refractivity contribution in [1.29, 1.82) is 0 Å². The van der Waals surface area contributed by atoms with Gasteiger partial charge < -0.3 is 4.90 Å². The van der Waals surface area contributed by atoms with Gasteiger partial charge in [-0.2, -0.15) is 9.61 Å². The van der Waals surface area contributed by atoms with Crippen LogP contribution in [0.1, 0.15) is 0 Å². The molecule has 0 fully saturated rings. The maximum absolute atomic E-state index is 11.3. The molecule has 0 radical (unpaired) electrons. The molecule has 0 saturated heterocycles. The molecule has 0 bridgehead atoms. The number of alkyl halides is 1. The van der Waals surface area contributed by atoms with Crippen molar-refractivity contribution in [3.63, 3.8) is 0 Å². The Morgan fingerprint density at radius 2 is 2.40 bits per heavy atom. The normalized spacial score (nSPS) is 10.8. The van der Waals surface area contributed by atoms with Gasteiger partial charge in [0.2, 0.25) is 0 Å². The van der Waals surface area contributed by atoms with Crippen molar-refractivity contribution in [2.24, 2.45) is 0 Å². The molecule has 6 nitrogen and oxygen atoms in total. The Hall–Kier alpha value is -1.37. The lowest BCUT2D eigenvalue weighted by molar-refractivity contribution is 0.838. The van der Waals surface area contributed by atoms with E-state index < -0.39 is 0 Å². The number of aromatic nitrogens is 4. The van der Waals surface area contributed by atoms with Crippen LogP contribution in [0.25, 0.3) is 5.65 Å². The van der Waals surface area contributed by atoms with Gasteiger partial charge in [0.25, 0.3) is 0 Å². The van der Waals surface area contributed by atoms with Crippen LogP contribution in [0.2, 0.25) is 0 Å². The van der Waals surface area contributed by atoms with Gasteiger partial charge in [-0.25, -0.2) is 9.89 Å². The molecule has 0 aliphatic rings. The Morgan fingerprint density at radius 1 is 1.60 bits per heavy atom. The third-order valence-electron chi connectivity index (χ3n) is 2.07. The van der Waals surface area contributed by atoms with Gasteiger partial charge in [-0.05, 0) is 12.1 Å². The van der Waals surface area contributed by atoms with Gasteiger partial charge in [-0.3, -0.25) is 0 Å².